The molecule has 0 amide bonds. The van der Waals surface area contributed by atoms with E-state index in [1.54, 1.807) is 5.57 Å². The first-order valence-corrected chi connectivity index (χ1v) is 5.26. The first-order chi connectivity index (χ1) is 5.55. The lowest BCUT2D eigenvalue weighted by Gasteiger charge is -2.39. The van der Waals surface area contributed by atoms with Crippen molar-refractivity contribution in [2.24, 2.45) is 17.3 Å². The second-order valence-corrected chi connectivity index (χ2v) is 5.61. The van der Waals surface area contributed by atoms with Crippen molar-refractivity contribution in [3.05, 3.63) is 11.6 Å². The van der Waals surface area contributed by atoms with Crippen LogP contribution in [-0.4, -0.2) is 0 Å². The SMILES string of the molecule is CC1CC2CC(=CC(C)(C)C1)C2. The third kappa shape index (κ3) is 1.57. The molecular weight excluding hydrogens is 144 g/mol. The molecule has 68 valence electrons. The van der Waals surface area contributed by atoms with Crippen LogP contribution in [0, 0.1) is 17.3 Å². The molecule has 0 aromatic carbocycles. The van der Waals surface area contributed by atoms with Crippen LogP contribution in [0.3, 0.4) is 0 Å². The number of hydrogen-bond donors (Lipinski definition) is 0. The Morgan fingerprint density at radius 2 is 2.00 bits per heavy atom. The summed E-state index contributed by atoms with van der Waals surface area (Å²) in [6, 6.07) is 0. The lowest BCUT2D eigenvalue weighted by Crippen LogP contribution is -2.26. The minimum absolute atomic E-state index is 0.472. The van der Waals surface area contributed by atoms with Gasteiger partial charge >= 0.3 is 0 Å². The molecule has 1 saturated carbocycles. The summed E-state index contributed by atoms with van der Waals surface area (Å²) < 4.78 is 0. The molecule has 0 aromatic heterocycles. The molecule has 0 aliphatic heterocycles. The van der Waals surface area contributed by atoms with Gasteiger partial charge in [-0.2, -0.15) is 0 Å². The van der Waals surface area contributed by atoms with Gasteiger partial charge in [0.15, 0.2) is 0 Å². The van der Waals surface area contributed by atoms with Crippen molar-refractivity contribution in [2.75, 3.05) is 0 Å². The van der Waals surface area contributed by atoms with Crippen LogP contribution < -0.4 is 0 Å². The predicted octanol–water partition coefficient (Wildman–Crippen LogP) is 3.78. The maximum atomic E-state index is 2.54. The molecule has 1 fully saturated rings. The third-order valence-corrected chi connectivity index (χ3v) is 3.31. The fourth-order valence-corrected chi connectivity index (χ4v) is 3.13. The zero-order valence-corrected chi connectivity index (χ0v) is 8.56. The van der Waals surface area contributed by atoms with Crippen LogP contribution >= 0.6 is 0 Å². The van der Waals surface area contributed by atoms with Gasteiger partial charge in [-0.05, 0) is 42.9 Å². The topological polar surface area (TPSA) is 0 Å². The molecule has 0 saturated heterocycles. The molecule has 1 unspecified atom stereocenters. The molecule has 2 bridgehead atoms. The Labute approximate surface area is 76.1 Å². The molecule has 12 heavy (non-hydrogen) atoms. The van der Waals surface area contributed by atoms with Gasteiger partial charge in [0.05, 0.1) is 0 Å². The fourth-order valence-electron chi connectivity index (χ4n) is 3.13. The van der Waals surface area contributed by atoms with Gasteiger partial charge in [-0.15, -0.1) is 0 Å². The summed E-state index contributed by atoms with van der Waals surface area (Å²) in [5.74, 6) is 1.98. The van der Waals surface area contributed by atoms with Crippen molar-refractivity contribution in [1.29, 1.82) is 0 Å². The number of hydrogen-bond acceptors (Lipinski definition) is 0. The van der Waals surface area contributed by atoms with E-state index in [0.29, 0.717) is 5.41 Å². The Hall–Kier alpha value is -0.260. The molecule has 3 rings (SSSR count). The van der Waals surface area contributed by atoms with E-state index in [-0.39, 0.29) is 0 Å². The van der Waals surface area contributed by atoms with Crippen LogP contribution in [0.25, 0.3) is 0 Å². The first-order valence-electron chi connectivity index (χ1n) is 5.26. The van der Waals surface area contributed by atoms with Crippen LogP contribution in [0.15, 0.2) is 11.6 Å². The Bertz CT molecular complexity index is 202. The van der Waals surface area contributed by atoms with Crippen LogP contribution in [0.4, 0.5) is 0 Å². The highest BCUT2D eigenvalue weighted by Gasteiger charge is 2.31. The van der Waals surface area contributed by atoms with E-state index in [0.717, 1.165) is 11.8 Å². The van der Waals surface area contributed by atoms with Crippen molar-refractivity contribution in [3.8, 4) is 0 Å². The Morgan fingerprint density at radius 1 is 1.33 bits per heavy atom. The average Bonchev–Trinajstić information content (AvgIpc) is 1.77. The summed E-state index contributed by atoms with van der Waals surface area (Å²) in [7, 11) is 0. The van der Waals surface area contributed by atoms with Gasteiger partial charge in [0.1, 0.15) is 0 Å². The second kappa shape index (κ2) is 2.61. The fraction of sp³-hybridized carbons (Fsp3) is 0.833. The quantitative estimate of drug-likeness (QED) is 0.478. The van der Waals surface area contributed by atoms with E-state index in [4.69, 9.17) is 0 Å². The number of allylic oxidation sites excluding steroid dienone is 2. The zero-order valence-electron chi connectivity index (χ0n) is 8.56. The maximum Gasteiger partial charge on any atom is -0.0170 e. The highest BCUT2D eigenvalue weighted by Crippen LogP contribution is 2.45. The van der Waals surface area contributed by atoms with Gasteiger partial charge in [0.25, 0.3) is 0 Å². The molecule has 0 radical (unpaired) electrons. The smallest absolute Gasteiger partial charge is 0.0170 e. The van der Waals surface area contributed by atoms with Gasteiger partial charge in [-0.1, -0.05) is 32.4 Å². The van der Waals surface area contributed by atoms with Crippen molar-refractivity contribution < 1.29 is 0 Å². The third-order valence-electron chi connectivity index (χ3n) is 3.31. The lowest BCUT2D eigenvalue weighted by atomic mass is 9.66. The Morgan fingerprint density at radius 3 is 2.67 bits per heavy atom. The number of rotatable bonds is 0. The van der Waals surface area contributed by atoms with Gasteiger partial charge < -0.3 is 0 Å². The molecule has 0 heterocycles. The predicted molar refractivity (Wildman–Crippen MR) is 53.0 cm³/mol. The average molecular weight is 164 g/mol. The van der Waals surface area contributed by atoms with E-state index in [1.807, 2.05) is 0 Å². The van der Waals surface area contributed by atoms with Crippen molar-refractivity contribution in [3.63, 3.8) is 0 Å². The van der Waals surface area contributed by atoms with Crippen molar-refractivity contribution >= 4 is 0 Å². The van der Waals surface area contributed by atoms with Crippen molar-refractivity contribution in [2.45, 2.75) is 46.5 Å². The largest absolute Gasteiger partial charge is 0.0796 e. The minimum atomic E-state index is 0.472. The van der Waals surface area contributed by atoms with E-state index < -0.39 is 0 Å². The highest BCUT2D eigenvalue weighted by atomic mass is 14.4. The molecule has 1 atom stereocenters. The first kappa shape index (κ1) is 8.34. The van der Waals surface area contributed by atoms with Crippen LogP contribution in [0.1, 0.15) is 46.5 Å². The Balaban J connectivity index is 2.17. The monoisotopic (exact) mass is 164 g/mol. The van der Waals surface area contributed by atoms with E-state index in [2.05, 4.69) is 26.8 Å². The van der Waals surface area contributed by atoms with E-state index in [9.17, 15) is 0 Å². The van der Waals surface area contributed by atoms with Gasteiger partial charge in [0.2, 0.25) is 0 Å². The molecule has 0 N–H and O–H groups in total. The molecule has 0 heteroatoms. The second-order valence-electron chi connectivity index (χ2n) is 5.61. The maximum absolute atomic E-state index is 2.54. The van der Waals surface area contributed by atoms with E-state index in [1.165, 1.54) is 25.7 Å². The van der Waals surface area contributed by atoms with Gasteiger partial charge in [-0.25, -0.2) is 0 Å². The molecule has 3 aliphatic carbocycles. The van der Waals surface area contributed by atoms with Crippen LogP contribution in [0.5, 0.6) is 0 Å². The Kier molecular flexibility index (Phi) is 1.82. The standard InChI is InChI=1S/C12H20/c1-9-4-10-5-11(6-10)8-12(2,3)7-9/h8-10H,4-7H2,1-3H3. The number of fused-ring (bicyclic) bond motifs is 4. The summed E-state index contributed by atoms with van der Waals surface area (Å²) in [4.78, 5) is 0. The summed E-state index contributed by atoms with van der Waals surface area (Å²) in [6.45, 7) is 7.18. The summed E-state index contributed by atoms with van der Waals surface area (Å²) in [6.07, 6.45) is 8.22. The van der Waals surface area contributed by atoms with Crippen molar-refractivity contribution in [1.82, 2.24) is 0 Å². The normalized spacial score (nSPS) is 39.1. The summed E-state index contributed by atoms with van der Waals surface area (Å²) in [5, 5.41) is 0. The minimum Gasteiger partial charge on any atom is -0.0796 e. The lowest BCUT2D eigenvalue weighted by molar-refractivity contribution is 0.240. The van der Waals surface area contributed by atoms with Crippen LogP contribution in [-0.2, 0) is 0 Å². The molecular formula is C12H20. The van der Waals surface area contributed by atoms with Crippen LogP contribution in [0.2, 0.25) is 0 Å². The van der Waals surface area contributed by atoms with E-state index >= 15 is 0 Å². The van der Waals surface area contributed by atoms with Gasteiger partial charge in [-0.3, -0.25) is 0 Å². The highest BCUT2D eigenvalue weighted by molar-refractivity contribution is 5.18. The summed E-state index contributed by atoms with van der Waals surface area (Å²) >= 11 is 0. The zero-order chi connectivity index (χ0) is 8.77. The van der Waals surface area contributed by atoms with Gasteiger partial charge in [0, 0.05) is 0 Å². The summed E-state index contributed by atoms with van der Waals surface area (Å²) in [5.41, 5.74) is 2.21. The molecule has 0 spiro atoms. The molecule has 0 nitrogen and oxygen atoms in total. The molecule has 3 aliphatic rings. The molecule has 0 aromatic rings.